The molecular formula is C24H23N7O3. The molecule has 10 heteroatoms. The molecule has 1 fully saturated rings. The number of carbonyl (C=O) groups is 3. The van der Waals surface area contributed by atoms with Crippen LogP contribution >= 0.6 is 0 Å². The quantitative estimate of drug-likeness (QED) is 0.578. The van der Waals surface area contributed by atoms with Gasteiger partial charge in [-0.1, -0.05) is 18.2 Å². The summed E-state index contributed by atoms with van der Waals surface area (Å²) in [5.41, 5.74) is 0.693. The Morgan fingerprint density at radius 3 is 2.24 bits per heavy atom. The van der Waals surface area contributed by atoms with Gasteiger partial charge in [0.25, 0.3) is 11.8 Å². The second-order valence-corrected chi connectivity index (χ2v) is 8.11. The second-order valence-electron chi connectivity index (χ2n) is 8.11. The van der Waals surface area contributed by atoms with Crippen LogP contribution < -0.4 is 10.2 Å². The predicted octanol–water partition coefficient (Wildman–Crippen LogP) is 1.87. The monoisotopic (exact) mass is 457 g/mol. The van der Waals surface area contributed by atoms with Gasteiger partial charge in [0, 0.05) is 38.4 Å². The van der Waals surface area contributed by atoms with Gasteiger partial charge in [-0.05, 0) is 31.2 Å². The molecule has 0 bridgehead atoms. The van der Waals surface area contributed by atoms with Gasteiger partial charge in [0.1, 0.15) is 29.8 Å². The van der Waals surface area contributed by atoms with Gasteiger partial charge in [0.2, 0.25) is 5.91 Å². The van der Waals surface area contributed by atoms with Crippen LogP contribution in [-0.2, 0) is 4.79 Å². The van der Waals surface area contributed by atoms with Crippen molar-refractivity contribution in [2.24, 2.45) is 0 Å². The smallest absolute Gasteiger partial charge is 0.262 e. The molecule has 3 aromatic rings. The van der Waals surface area contributed by atoms with Crippen LogP contribution in [0, 0.1) is 6.92 Å². The van der Waals surface area contributed by atoms with Crippen LogP contribution in [0.25, 0.3) is 0 Å². The van der Waals surface area contributed by atoms with Crippen molar-refractivity contribution in [3.63, 3.8) is 0 Å². The maximum atomic E-state index is 12.9. The van der Waals surface area contributed by atoms with Crippen molar-refractivity contribution in [1.29, 1.82) is 0 Å². The molecule has 0 saturated carbocycles. The number of nitrogens with zero attached hydrogens (tertiary/aromatic N) is 6. The van der Waals surface area contributed by atoms with Crippen molar-refractivity contribution in [3.8, 4) is 0 Å². The minimum Gasteiger partial charge on any atom is -0.353 e. The molecule has 1 aromatic carbocycles. The summed E-state index contributed by atoms with van der Waals surface area (Å²) >= 11 is 0. The number of piperazine rings is 1. The number of rotatable bonds is 5. The van der Waals surface area contributed by atoms with Crippen molar-refractivity contribution < 1.29 is 14.4 Å². The third kappa shape index (κ3) is 4.17. The summed E-state index contributed by atoms with van der Waals surface area (Å²) in [7, 11) is 0. The molecule has 0 atom stereocenters. The summed E-state index contributed by atoms with van der Waals surface area (Å²) in [4.78, 5) is 56.0. The second kappa shape index (κ2) is 8.89. The van der Waals surface area contributed by atoms with E-state index in [0.717, 1.165) is 10.7 Å². The van der Waals surface area contributed by atoms with E-state index in [1.54, 1.807) is 35.4 Å². The zero-order valence-corrected chi connectivity index (χ0v) is 18.6. The van der Waals surface area contributed by atoms with Crippen LogP contribution in [0.15, 0.2) is 54.7 Å². The minimum atomic E-state index is -0.419. The molecule has 1 saturated heterocycles. The number of pyridine rings is 1. The zero-order chi connectivity index (χ0) is 23.7. The number of aromatic nitrogens is 3. The van der Waals surface area contributed by atoms with Crippen LogP contribution in [0.3, 0.4) is 0 Å². The molecule has 2 aliphatic heterocycles. The van der Waals surface area contributed by atoms with Gasteiger partial charge >= 0.3 is 0 Å². The van der Waals surface area contributed by atoms with Gasteiger partial charge in [-0.25, -0.2) is 15.0 Å². The third-order valence-corrected chi connectivity index (χ3v) is 5.87. The Morgan fingerprint density at radius 1 is 0.912 bits per heavy atom. The first-order chi connectivity index (χ1) is 16.5. The largest absolute Gasteiger partial charge is 0.353 e. The minimum absolute atomic E-state index is 0.245. The fraction of sp³-hybridized carbons (Fsp3) is 0.250. The molecular weight excluding hydrogens is 434 g/mol. The number of amides is 3. The lowest BCUT2D eigenvalue weighted by Gasteiger charge is -2.36. The molecule has 5 rings (SSSR count). The van der Waals surface area contributed by atoms with Gasteiger partial charge in [-0.3, -0.25) is 19.3 Å². The lowest BCUT2D eigenvalue weighted by molar-refractivity contribution is -0.131. The number of benzene rings is 1. The SMILES string of the molecule is Cc1nc(Nc2ccccn2)cc(N2CCN(C(=O)CN3C(=O)c4ccccc4C3=O)CC2)n1. The fourth-order valence-electron chi connectivity index (χ4n) is 4.15. The van der Waals surface area contributed by atoms with Crippen molar-refractivity contribution >= 4 is 35.2 Å². The van der Waals surface area contributed by atoms with Crippen LogP contribution in [0.1, 0.15) is 26.5 Å². The molecule has 3 amide bonds. The summed E-state index contributed by atoms with van der Waals surface area (Å²) in [5.74, 6) is 1.64. The number of imide groups is 1. The Kier molecular flexibility index (Phi) is 5.62. The lowest BCUT2D eigenvalue weighted by Crippen LogP contribution is -2.52. The van der Waals surface area contributed by atoms with Gasteiger partial charge in [-0.15, -0.1) is 0 Å². The van der Waals surface area contributed by atoms with Crippen LogP contribution in [0.4, 0.5) is 17.5 Å². The summed E-state index contributed by atoms with van der Waals surface area (Å²) in [5, 5.41) is 3.18. The van der Waals surface area contributed by atoms with Crippen LogP contribution in [0.5, 0.6) is 0 Å². The fourth-order valence-corrected chi connectivity index (χ4v) is 4.15. The molecule has 2 aliphatic rings. The van der Waals surface area contributed by atoms with E-state index in [-0.39, 0.29) is 12.5 Å². The molecule has 2 aromatic heterocycles. The highest BCUT2D eigenvalue weighted by Gasteiger charge is 2.37. The van der Waals surface area contributed by atoms with E-state index in [1.807, 2.05) is 31.2 Å². The Labute approximate surface area is 196 Å². The molecule has 172 valence electrons. The third-order valence-electron chi connectivity index (χ3n) is 5.87. The molecule has 1 N–H and O–H groups in total. The van der Waals surface area contributed by atoms with E-state index in [4.69, 9.17) is 0 Å². The number of hydrogen-bond acceptors (Lipinski definition) is 8. The maximum Gasteiger partial charge on any atom is 0.262 e. The molecule has 0 aliphatic carbocycles. The van der Waals surface area contributed by atoms with Crippen LogP contribution in [-0.4, -0.2) is 75.2 Å². The highest BCUT2D eigenvalue weighted by atomic mass is 16.2. The van der Waals surface area contributed by atoms with E-state index in [0.29, 0.717) is 54.8 Å². The highest BCUT2D eigenvalue weighted by molar-refractivity contribution is 6.22. The normalized spacial score (nSPS) is 15.5. The summed E-state index contributed by atoms with van der Waals surface area (Å²) in [6, 6.07) is 14.1. The van der Waals surface area contributed by atoms with E-state index in [1.165, 1.54) is 0 Å². The number of nitrogens with one attached hydrogen (secondary N) is 1. The lowest BCUT2D eigenvalue weighted by atomic mass is 10.1. The van der Waals surface area contributed by atoms with Crippen LogP contribution in [0.2, 0.25) is 0 Å². The average Bonchev–Trinajstić information content (AvgIpc) is 3.09. The standard InChI is InChI=1S/C24H23N7O3/c1-16-26-20(28-19-8-4-5-9-25-19)14-21(27-16)29-10-12-30(13-11-29)22(32)15-31-23(33)17-6-2-3-7-18(17)24(31)34/h2-9,14H,10-13,15H2,1H3,(H,25,26,27,28). The predicted molar refractivity (Wildman–Crippen MR) is 125 cm³/mol. The first-order valence-electron chi connectivity index (χ1n) is 11.0. The Balaban J connectivity index is 1.21. The van der Waals surface area contributed by atoms with Gasteiger partial charge < -0.3 is 15.1 Å². The number of hydrogen-bond donors (Lipinski definition) is 1. The van der Waals surface area contributed by atoms with Crippen molar-refractivity contribution in [2.75, 3.05) is 42.9 Å². The van der Waals surface area contributed by atoms with E-state index in [2.05, 4.69) is 25.2 Å². The van der Waals surface area contributed by atoms with E-state index < -0.39 is 11.8 Å². The summed E-state index contributed by atoms with van der Waals surface area (Å²) < 4.78 is 0. The topological polar surface area (TPSA) is 112 Å². The Morgan fingerprint density at radius 2 is 1.59 bits per heavy atom. The van der Waals surface area contributed by atoms with Gasteiger partial charge in [0.15, 0.2) is 0 Å². The number of carbonyl (C=O) groups excluding carboxylic acids is 3. The highest BCUT2D eigenvalue weighted by Crippen LogP contribution is 2.23. The molecule has 10 nitrogen and oxygen atoms in total. The van der Waals surface area contributed by atoms with Crippen molar-refractivity contribution in [1.82, 2.24) is 24.8 Å². The van der Waals surface area contributed by atoms with E-state index >= 15 is 0 Å². The first kappa shape index (κ1) is 21.5. The average molecular weight is 457 g/mol. The Bertz CT molecular complexity index is 1220. The molecule has 0 unspecified atom stereocenters. The number of aryl methyl sites for hydroxylation is 1. The maximum absolute atomic E-state index is 12.9. The van der Waals surface area contributed by atoms with Crippen molar-refractivity contribution in [2.45, 2.75) is 6.92 Å². The zero-order valence-electron chi connectivity index (χ0n) is 18.6. The molecule has 0 spiro atoms. The Hall–Kier alpha value is -4.34. The summed E-state index contributed by atoms with van der Waals surface area (Å²) in [6.07, 6.45) is 1.70. The van der Waals surface area contributed by atoms with Crippen molar-refractivity contribution in [3.05, 3.63) is 71.7 Å². The number of anilines is 3. The molecule has 34 heavy (non-hydrogen) atoms. The van der Waals surface area contributed by atoms with E-state index in [9.17, 15) is 14.4 Å². The van der Waals surface area contributed by atoms with Gasteiger partial charge in [-0.2, -0.15) is 0 Å². The van der Waals surface area contributed by atoms with Gasteiger partial charge in [0.05, 0.1) is 11.1 Å². The first-order valence-corrected chi connectivity index (χ1v) is 11.0. The molecule has 0 radical (unpaired) electrons. The summed E-state index contributed by atoms with van der Waals surface area (Å²) in [6.45, 7) is 3.66. The number of fused-ring (bicyclic) bond motifs is 1. The molecule has 4 heterocycles.